The Hall–Kier alpha value is -3.38. The van der Waals surface area contributed by atoms with Crippen molar-refractivity contribution in [3.8, 4) is 10.7 Å². The molecule has 3 aliphatic heterocycles. The number of pyridine rings is 1. The van der Waals surface area contributed by atoms with E-state index in [0.29, 0.717) is 19.1 Å². The van der Waals surface area contributed by atoms with Crippen molar-refractivity contribution in [1.29, 1.82) is 0 Å². The molecule has 7 rings (SSSR count). The highest BCUT2D eigenvalue weighted by Gasteiger charge is 2.47. The Labute approximate surface area is 263 Å². The standard InChI is InChI=1S/C32H42N8O3S/c1-31(2,3)43-30(41)40(18-22-8-9-22)24-7-6-14-39(19-24)23-10-11-26(34-15-23)32(20-42-21-32)29-37-36-28(44-29)25-16-33-17-27(35-25)38-12-4-5-13-38/h10-11,15-17,22,24H,4-9,12-14,18-21H2,1-3H3/t24-/m1/s1. The summed E-state index contributed by atoms with van der Waals surface area (Å²) in [7, 11) is 0. The molecular formula is C32H42N8O3S. The van der Waals surface area contributed by atoms with Gasteiger partial charge < -0.3 is 24.2 Å². The third-order valence-corrected chi connectivity index (χ3v) is 10.2. The molecule has 11 nitrogen and oxygen atoms in total. The van der Waals surface area contributed by atoms with Gasteiger partial charge in [0.1, 0.15) is 27.5 Å². The molecule has 3 aromatic heterocycles. The summed E-state index contributed by atoms with van der Waals surface area (Å²) >= 11 is 1.54. The van der Waals surface area contributed by atoms with Crippen LogP contribution in [0.4, 0.5) is 16.3 Å². The zero-order valence-corrected chi connectivity index (χ0v) is 26.8. The van der Waals surface area contributed by atoms with Crippen molar-refractivity contribution in [2.45, 2.75) is 76.4 Å². The number of rotatable bonds is 8. The minimum Gasteiger partial charge on any atom is -0.444 e. The summed E-state index contributed by atoms with van der Waals surface area (Å²) in [6, 6.07) is 4.37. The molecule has 3 saturated heterocycles. The third-order valence-electron chi connectivity index (χ3n) is 9.02. The molecule has 0 N–H and O–H groups in total. The van der Waals surface area contributed by atoms with E-state index in [9.17, 15) is 4.79 Å². The van der Waals surface area contributed by atoms with Crippen LogP contribution in [0, 0.1) is 5.92 Å². The number of carbonyl (C=O) groups is 1. The molecule has 0 bridgehead atoms. The molecule has 6 heterocycles. The van der Waals surface area contributed by atoms with Gasteiger partial charge in [-0.2, -0.15) is 0 Å². The number of hydrogen-bond donors (Lipinski definition) is 0. The molecule has 44 heavy (non-hydrogen) atoms. The first-order valence-electron chi connectivity index (χ1n) is 16.0. The van der Waals surface area contributed by atoms with E-state index in [0.717, 1.165) is 78.5 Å². The van der Waals surface area contributed by atoms with Crippen LogP contribution in [0.15, 0.2) is 30.7 Å². The first-order valence-corrected chi connectivity index (χ1v) is 16.8. The molecule has 0 aromatic carbocycles. The van der Waals surface area contributed by atoms with Gasteiger partial charge in [-0.05, 0) is 77.3 Å². The summed E-state index contributed by atoms with van der Waals surface area (Å²) < 4.78 is 11.6. The van der Waals surface area contributed by atoms with Crippen molar-refractivity contribution in [3.05, 3.63) is 41.4 Å². The molecule has 0 unspecified atom stereocenters. The Morgan fingerprint density at radius 1 is 1.05 bits per heavy atom. The average Bonchev–Trinajstić information content (AvgIpc) is 3.41. The zero-order valence-electron chi connectivity index (χ0n) is 25.9. The van der Waals surface area contributed by atoms with E-state index >= 15 is 0 Å². The predicted octanol–water partition coefficient (Wildman–Crippen LogP) is 4.92. The number of hydrogen-bond acceptors (Lipinski definition) is 11. The average molecular weight is 619 g/mol. The predicted molar refractivity (Wildman–Crippen MR) is 169 cm³/mol. The van der Waals surface area contributed by atoms with Gasteiger partial charge in [-0.25, -0.2) is 9.78 Å². The van der Waals surface area contributed by atoms with Gasteiger partial charge in [0, 0.05) is 32.7 Å². The summed E-state index contributed by atoms with van der Waals surface area (Å²) in [5, 5.41) is 10.8. The lowest BCUT2D eigenvalue weighted by atomic mass is 9.82. The van der Waals surface area contributed by atoms with E-state index in [-0.39, 0.29) is 12.1 Å². The number of anilines is 2. The van der Waals surface area contributed by atoms with Crippen LogP contribution in [0.5, 0.6) is 0 Å². The molecular weight excluding hydrogens is 576 g/mol. The first-order chi connectivity index (χ1) is 21.3. The summed E-state index contributed by atoms with van der Waals surface area (Å²) in [5.74, 6) is 1.50. The minimum absolute atomic E-state index is 0.122. The van der Waals surface area contributed by atoms with Crippen molar-refractivity contribution in [3.63, 3.8) is 0 Å². The highest BCUT2D eigenvalue weighted by Crippen LogP contribution is 2.41. The fraction of sp³-hybridized carbons (Fsp3) is 0.625. The van der Waals surface area contributed by atoms with Crippen LogP contribution >= 0.6 is 11.3 Å². The van der Waals surface area contributed by atoms with Crippen LogP contribution in [0.1, 0.15) is 70.0 Å². The van der Waals surface area contributed by atoms with Gasteiger partial charge in [0.25, 0.3) is 0 Å². The van der Waals surface area contributed by atoms with Gasteiger partial charge in [-0.15, -0.1) is 10.2 Å². The van der Waals surface area contributed by atoms with E-state index in [1.807, 2.05) is 38.1 Å². The molecule has 1 aliphatic carbocycles. The molecule has 1 amide bonds. The summed E-state index contributed by atoms with van der Waals surface area (Å²) in [5.41, 5.74) is 1.82. The number of nitrogens with zero attached hydrogens (tertiary/aromatic N) is 8. The number of amides is 1. The van der Waals surface area contributed by atoms with E-state index < -0.39 is 11.0 Å². The van der Waals surface area contributed by atoms with Crippen molar-refractivity contribution >= 4 is 28.9 Å². The van der Waals surface area contributed by atoms with Gasteiger partial charge in [-0.1, -0.05) is 11.3 Å². The second kappa shape index (κ2) is 11.8. The third kappa shape index (κ3) is 6.10. The smallest absolute Gasteiger partial charge is 0.410 e. The van der Waals surface area contributed by atoms with Crippen LogP contribution in [0.3, 0.4) is 0 Å². The summed E-state index contributed by atoms with van der Waals surface area (Å²) in [6.07, 6.45) is 12.1. The van der Waals surface area contributed by atoms with Crippen molar-refractivity contribution < 1.29 is 14.3 Å². The van der Waals surface area contributed by atoms with Crippen LogP contribution in [-0.4, -0.2) is 93.7 Å². The molecule has 0 radical (unpaired) electrons. The minimum atomic E-state index is -0.507. The fourth-order valence-electron chi connectivity index (χ4n) is 6.34. The Morgan fingerprint density at radius 3 is 2.52 bits per heavy atom. The number of carbonyl (C=O) groups excluding carboxylic acids is 1. The number of ether oxygens (including phenoxy) is 2. The summed E-state index contributed by atoms with van der Waals surface area (Å²) in [6.45, 7) is 11.4. The fourth-order valence-corrected chi connectivity index (χ4v) is 7.30. The molecule has 1 atom stereocenters. The van der Waals surface area contributed by atoms with Crippen molar-refractivity contribution in [2.75, 3.05) is 55.7 Å². The van der Waals surface area contributed by atoms with Crippen LogP contribution in [-0.2, 0) is 14.9 Å². The molecule has 234 valence electrons. The molecule has 4 aliphatic rings. The highest BCUT2D eigenvalue weighted by atomic mass is 32.1. The second-order valence-corrected chi connectivity index (χ2v) is 14.6. The lowest BCUT2D eigenvalue weighted by Crippen LogP contribution is -2.52. The first kappa shape index (κ1) is 29.3. The van der Waals surface area contributed by atoms with Crippen LogP contribution in [0.25, 0.3) is 10.7 Å². The summed E-state index contributed by atoms with van der Waals surface area (Å²) in [4.78, 5) is 34.1. The maximum absolute atomic E-state index is 13.2. The maximum atomic E-state index is 13.2. The molecule has 0 spiro atoms. The zero-order chi connectivity index (χ0) is 30.3. The van der Waals surface area contributed by atoms with E-state index in [2.05, 4.69) is 37.1 Å². The largest absolute Gasteiger partial charge is 0.444 e. The van der Waals surface area contributed by atoms with Gasteiger partial charge in [-0.3, -0.25) is 9.97 Å². The topological polar surface area (TPSA) is 110 Å². The number of aromatic nitrogens is 5. The van der Waals surface area contributed by atoms with Gasteiger partial charge in [0.05, 0.1) is 49.2 Å². The van der Waals surface area contributed by atoms with E-state index in [1.165, 1.54) is 25.7 Å². The number of piperidine rings is 1. The van der Waals surface area contributed by atoms with Crippen LogP contribution < -0.4 is 9.80 Å². The molecule has 12 heteroatoms. The second-order valence-electron chi connectivity index (χ2n) is 13.7. The van der Waals surface area contributed by atoms with Gasteiger partial charge in [0.2, 0.25) is 0 Å². The van der Waals surface area contributed by atoms with E-state index in [1.54, 1.807) is 17.5 Å². The SMILES string of the molecule is CC(C)(C)OC(=O)N(CC1CC1)[C@@H]1CCCN(c2ccc(C3(c4nnc(-c5cncc(N6CCCC6)n5)s4)COC3)nc2)C1. The van der Waals surface area contributed by atoms with Crippen molar-refractivity contribution in [2.24, 2.45) is 5.92 Å². The molecule has 3 aromatic rings. The van der Waals surface area contributed by atoms with Gasteiger partial charge in [0.15, 0.2) is 5.01 Å². The normalized spacial score (nSPS) is 21.7. The Balaban J connectivity index is 1.06. The Morgan fingerprint density at radius 2 is 1.84 bits per heavy atom. The van der Waals surface area contributed by atoms with E-state index in [4.69, 9.17) is 19.4 Å². The maximum Gasteiger partial charge on any atom is 0.410 e. The highest BCUT2D eigenvalue weighted by molar-refractivity contribution is 7.14. The van der Waals surface area contributed by atoms with Crippen molar-refractivity contribution in [1.82, 2.24) is 30.0 Å². The van der Waals surface area contributed by atoms with Gasteiger partial charge >= 0.3 is 6.09 Å². The molecule has 1 saturated carbocycles. The molecule has 4 fully saturated rings. The Bertz CT molecular complexity index is 1460. The Kier molecular flexibility index (Phi) is 7.90. The van der Waals surface area contributed by atoms with Crippen LogP contribution in [0.2, 0.25) is 0 Å². The lowest BCUT2D eigenvalue weighted by Gasteiger charge is -2.41. The quantitative estimate of drug-likeness (QED) is 0.345. The monoisotopic (exact) mass is 618 g/mol. The lowest BCUT2D eigenvalue weighted by molar-refractivity contribution is -0.0403.